The number of carbonyl (C=O) groups excluding carboxylic acids is 4. The van der Waals surface area contributed by atoms with Crippen LogP contribution in [0.5, 0.6) is 0 Å². The summed E-state index contributed by atoms with van der Waals surface area (Å²) < 4.78 is 50.4. The van der Waals surface area contributed by atoms with E-state index in [9.17, 15) is 37.1 Å². The van der Waals surface area contributed by atoms with Crippen LogP contribution in [0.1, 0.15) is 54.4 Å². The lowest BCUT2D eigenvalue weighted by molar-refractivity contribution is -0.174. The maximum Gasteiger partial charge on any atom is 0.452 e. The van der Waals surface area contributed by atoms with Crippen LogP contribution >= 0.6 is 0 Å². The Bertz CT molecular complexity index is 1140. The first kappa shape index (κ1) is 33.8. The number of alkyl halides is 3. The Kier molecular flexibility index (Phi) is 11.6. The number of nitrogens with two attached hydrogens (primary N) is 1. The number of aliphatic imine (C=N–C) groups is 1. The topological polar surface area (TPSA) is 196 Å². The molecule has 3 amide bonds. The smallest absolute Gasteiger partial charge is 0.444 e. The summed E-state index contributed by atoms with van der Waals surface area (Å²) in [7, 11) is 0. The van der Waals surface area contributed by atoms with E-state index in [0.29, 0.717) is 0 Å². The van der Waals surface area contributed by atoms with Crippen molar-refractivity contribution in [3.63, 3.8) is 0 Å². The van der Waals surface area contributed by atoms with Crippen LogP contribution in [0.2, 0.25) is 0 Å². The number of anilines is 1. The highest BCUT2D eigenvalue weighted by molar-refractivity contribution is 6.01. The monoisotopic (exact) mass is 577 g/mol. The number of amides is 3. The maximum atomic E-state index is 13.2. The minimum Gasteiger partial charge on any atom is -0.444 e. The predicted molar refractivity (Wildman–Crippen MR) is 136 cm³/mol. The Morgan fingerprint density at radius 2 is 1.55 bits per heavy atom. The number of alkyl carbamates (subject to hydrolysis) is 2. The standard InChI is InChI=1S/C23H34F3N7O7/c1-21(2,3)39-19(37)31-18(32-20(38)40-22(4,5)6)29-9-7-8-14(16(35)23(24,25)26)30-15(34)11-33-12-28-10-13(27)17(33)36/h10,12,14H,7-9,11,27H2,1-6H3,(H,30,34)(H2,29,31,32,37,38). The summed E-state index contributed by atoms with van der Waals surface area (Å²) in [4.78, 5) is 68.0. The second-order valence-electron chi connectivity index (χ2n) is 10.4. The third kappa shape index (κ3) is 13.1. The first-order valence-corrected chi connectivity index (χ1v) is 11.9. The fourth-order valence-corrected chi connectivity index (χ4v) is 2.84. The number of rotatable bonds is 8. The van der Waals surface area contributed by atoms with Gasteiger partial charge in [-0.1, -0.05) is 0 Å². The van der Waals surface area contributed by atoms with Gasteiger partial charge in [0, 0.05) is 6.54 Å². The van der Waals surface area contributed by atoms with Crippen molar-refractivity contribution >= 4 is 35.5 Å². The molecule has 1 heterocycles. The molecular formula is C23H34F3N7O7. The lowest BCUT2D eigenvalue weighted by Gasteiger charge is -2.22. The van der Waals surface area contributed by atoms with Crippen LogP contribution in [0.25, 0.3) is 0 Å². The van der Waals surface area contributed by atoms with E-state index < -0.39 is 71.8 Å². The fourth-order valence-electron chi connectivity index (χ4n) is 2.84. The molecule has 0 bridgehead atoms. The van der Waals surface area contributed by atoms with E-state index in [0.717, 1.165) is 17.1 Å². The number of nitrogens with zero attached hydrogens (tertiary/aromatic N) is 3. The lowest BCUT2D eigenvalue weighted by Crippen LogP contribution is -2.48. The van der Waals surface area contributed by atoms with Crippen molar-refractivity contribution in [2.75, 3.05) is 12.3 Å². The zero-order valence-electron chi connectivity index (χ0n) is 23.0. The molecule has 14 nitrogen and oxygen atoms in total. The number of halogens is 3. The Morgan fingerprint density at radius 1 is 1.02 bits per heavy atom. The number of ether oxygens (including phenoxy) is 2. The molecule has 0 aliphatic rings. The number of ketones is 1. The van der Waals surface area contributed by atoms with Gasteiger partial charge in [0.25, 0.3) is 11.3 Å². The summed E-state index contributed by atoms with van der Waals surface area (Å²) in [6.07, 6.45) is -5.96. The summed E-state index contributed by atoms with van der Waals surface area (Å²) >= 11 is 0. The van der Waals surface area contributed by atoms with Crippen molar-refractivity contribution in [1.29, 1.82) is 0 Å². The van der Waals surface area contributed by atoms with Crippen LogP contribution in [-0.2, 0) is 25.6 Å². The van der Waals surface area contributed by atoms with Gasteiger partial charge in [-0.15, -0.1) is 0 Å². The van der Waals surface area contributed by atoms with Crippen molar-refractivity contribution in [3.8, 4) is 0 Å². The quantitative estimate of drug-likeness (QED) is 0.202. The van der Waals surface area contributed by atoms with Gasteiger partial charge in [-0.3, -0.25) is 34.6 Å². The fraction of sp³-hybridized carbons (Fsp3) is 0.609. The first-order chi connectivity index (χ1) is 18.2. The first-order valence-electron chi connectivity index (χ1n) is 11.9. The number of hydrogen-bond acceptors (Lipinski definition) is 10. The van der Waals surface area contributed by atoms with E-state index in [1.54, 1.807) is 41.5 Å². The van der Waals surface area contributed by atoms with Gasteiger partial charge in [-0.25, -0.2) is 14.6 Å². The van der Waals surface area contributed by atoms with Crippen molar-refractivity contribution < 1.29 is 41.8 Å². The van der Waals surface area contributed by atoms with Gasteiger partial charge in [-0.05, 0) is 54.4 Å². The molecule has 0 aromatic carbocycles. The number of Topliss-reactive ketones (excluding diaryl/α,β-unsaturated/α-hetero) is 1. The van der Waals surface area contributed by atoms with Crippen LogP contribution in [0.4, 0.5) is 28.4 Å². The summed E-state index contributed by atoms with van der Waals surface area (Å²) in [5.41, 5.74) is 2.56. The van der Waals surface area contributed by atoms with Crippen LogP contribution in [0.15, 0.2) is 22.3 Å². The molecule has 0 aliphatic heterocycles. The van der Waals surface area contributed by atoms with Gasteiger partial charge in [0.2, 0.25) is 11.9 Å². The molecule has 17 heteroatoms. The van der Waals surface area contributed by atoms with Gasteiger partial charge in [-0.2, -0.15) is 13.2 Å². The van der Waals surface area contributed by atoms with E-state index in [1.807, 2.05) is 5.32 Å². The molecular weight excluding hydrogens is 543 g/mol. The van der Waals surface area contributed by atoms with Gasteiger partial charge in [0.05, 0.1) is 18.6 Å². The molecule has 40 heavy (non-hydrogen) atoms. The zero-order chi connectivity index (χ0) is 30.9. The molecule has 224 valence electrons. The molecule has 0 saturated carbocycles. The minimum absolute atomic E-state index is 0.206. The van der Waals surface area contributed by atoms with Crippen molar-refractivity contribution in [2.24, 2.45) is 4.99 Å². The Morgan fingerprint density at radius 3 is 2.02 bits per heavy atom. The van der Waals surface area contributed by atoms with E-state index in [-0.39, 0.29) is 18.7 Å². The number of carbonyl (C=O) groups is 4. The minimum atomic E-state index is -5.27. The number of aromatic nitrogens is 2. The normalized spacial score (nSPS) is 12.5. The summed E-state index contributed by atoms with van der Waals surface area (Å²) in [6, 6.07) is -2.01. The average Bonchev–Trinajstić information content (AvgIpc) is 2.75. The average molecular weight is 578 g/mol. The maximum absolute atomic E-state index is 13.2. The Hall–Kier alpha value is -4.18. The second-order valence-corrected chi connectivity index (χ2v) is 10.4. The van der Waals surface area contributed by atoms with Crippen LogP contribution in [0.3, 0.4) is 0 Å². The van der Waals surface area contributed by atoms with E-state index in [2.05, 4.69) is 20.6 Å². The molecule has 0 spiro atoms. The van der Waals surface area contributed by atoms with Crippen molar-refractivity contribution in [1.82, 2.24) is 25.5 Å². The summed E-state index contributed by atoms with van der Waals surface area (Å²) in [6.45, 7) is 8.53. The highest BCUT2D eigenvalue weighted by atomic mass is 19.4. The summed E-state index contributed by atoms with van der Waals surface area (Å²) in [5, 5.41) is 6.37. The number of guanidine groups is 1. The molecule has 0 radical (unpaired) electrons. The lowest BCUT2D eigenvalue weighted by atomic mass is 10.1. The molecule has 5 N–H and O–H groups in total. The third-order valence-electron chi connectivity index (χ3n) is 4.33. The predicted octanol–water partition coefficient (Wildman–Crippen LogP) is 1.63. The van der Waals surface area contributed by atoms with Gasteiger partial charge in [0.1, 0.15) is 23.4 Å². The van der Waals surface area contributed by atoms with E-state index >= 15 is 0 Å². The van der Waals surface area contributed by atoms with Gasteiger partial charge in [0.15, 0.2) is 0 Å². The molecule has 1 rings (SSSR count). The largest absolute Gasteiger partial charge is 0.452 e. The highest BCUT2D eigenvalue weighted by Crippen LogP contribution is 2.20. The summed E-state index contributed by atoms with van der Waals surface area (Å²) in [5.74, 6) is -3.71. The van der Waals surface area contributed by atoms with Crippen molar-refractivity contribution in [3.05, 3.63) is 22.9 Å². The molecule has 1 unspecified atom stereocenters. The molecule has 1 atom stereocenters. The third-order valence-corrected chi connectivity index (χ3v) is 4.33. The number of hydrogen-bond donors (Lipinski definition) is 4. The Balaban J connectivity index is 2.98. The molecule has 0 fully saturated rings. The van der Waals surface area contributed by atoms with Crippen LogP contribution in [0, 0.1) is 0 Å². The highest BCUT2D eigenvalue weighted by Gasteiger charge is 2.43. The molecule has 1 aromatic rings. The number of nitrogen functional groups attached to an aromatic ring is 1. The number of nitrogens with one attached hydrogen (secondary N) is 3. The van der Waals surface area contributed by atoms with E-state index in [4.69, 9.17) is 15.2 Å². The zero-order valence-corrected chi connectivity index (χ0v) is 23.0. The second kappa shape index (κ2) is 13.7. The van der Waals surface area contributed by atoms with Crippen molar-refractivity contribution in [2.45, 2.75) is 84.3 Å². The SMILES string of the molecule is CC(C)(C)OC(=O)NC(=NCCCC(NC(=O)Cn1cncc(N)c1=O)C(=O)C(F)(F)F)NC(=O)OC(C)(C)C. The van der Waals surface area contributed by atoms with Gasteiger partial charge >= 0.3 is 18.4 Å². The Labute approximate surface area is 227 Å². The molecule has 0 saturated heterocycles. The van der Waals surface area contributed by atoms with Crippen LogP contribution < -0.4 is 27.2 Å². The van der Waals surface area contributed by atoms with Crippen LogP contribution in [-0.4, -0.2) is 69.4 Å². The van der Waals surface area contributed by atoms with E-state index in [1.165, 1.54) is 0 Å². The van der Waals surface area contributed by atoms with Gasteiger partial charge < -0.3 is 20.5 Å². The molecule has 1 aromatic heterocycles. The molecule has 0 aliphatic carbocycles.